The smallest absolute Gasteiger partial charge is 0.329 e. The number of nitrogens with zero attached hydrogens (tertiary/aromatic N) is 2. The molecule has 0 aliphatic carbocycles. The van der Waals surface area contributed by atoms with Gasteiger partial charge in [-0.15, -0.1) is 0 Å². The Labute approximate surface area is 120 Å². The molecule has 2 amide bonds. The number of amides is 2. The Bertz CT molecular complexity index is 536. The summed E-state index contributed by atoms with van der Waals surface area (Å²) in [6, 6.07) is 4.19. The number of rotatable bonds is 2. The van der Waals surface area contributed by atoms with Crippen LogP contribution in [0, 0.1) is 5.82 Å². The summed E-state index contributed by atoms with van der Waals surface area (Å²) in [5, 5.41) is 3.73. The maximum atomic E-state index is 13.4. The molecule has 1 heterocycles. The highest BCUT2D eigenvalue weighted by Crippen LogP contribution is 2.16. The van der Waals surface area contributed by atoms with Crippen LogP contribution in [-0.2, 0) is 9.59 Å². The van der Waals surface area contributed by atoms with Crippen LogP contribution in [0.2, 0.25) is 5.02 Å². The van der Waals surface area contributed by atoms with Crippen molar-refractivity contribution in [2.45, 2.75) is 12.8 Å². The van der Waals surface area contributed by atoms with Crippen molar-refractivity contribution in [1.82, 2.24) is 10.3 Å². The SMILES string of the molecule is O=C(NN=Cc1c(F)cccc1Cl)C(=O)N1CCCC1. The molecule has 20 heavy (non-hydrogen) atoms. The van der Waals surface area contributed by atoms with E-state index in [2.05, 4.69) is 10.5 Å². The molecular formula is C13H13ClFN3O2. The number of likely N-dealkylation sites (tertiary alicyclic amines) is 1. The Kier molecular flexibility index (Phi) is 4.68. The molecule has 106 valence electrons. The van der Waals surface area contributed by atoms with Crippen molar-refractivity contribution in [1.29, 1.82) is 0 Å². The number of carbonyl (C=O) groups excluding carboxylic acids is 2. The molecule has 0 unspecified atom stereocenters. The maximum Gasteiger partial charge on any atom is 0.329 e. The third kappa shape index (κ3) is 3.33. The number of halogens is 2. The van der Waals surface area contributed by atoms with E-state index in [9.17, 15) is 14.0 Å². The Morgan fingerprint density at radius 1 is 1.35 bits per heavy atom. The van der Waals surface area contributed by atoms with E-state index in [1.807, 2.05) is 0 Å². The predicted molar refractivity (Wildman–Crippen MR) is 73.0 cm³/mol. The van der Waals surface area contributed by atoms with E-state index in [-0.39, 0.29) is 10.6 Å². The lowest BCUT2D eigenvalue weighted by molar-refractivity contribution is -0.145. The number of benzene rings is 1. The van der Waals surface area contributed by atoms with Gasteiger partial charge in [0.1, 0.15) is 5.82 Å². The Hall–Kier alpha value is -1.95. The molecule has 0 bridgehead atoms. The van der Waals surface area contributed by atoms with Crippen LogP contribution in [0.15, 0.2) is 23.3 Å². The Balaban J connectivity index is 1.96. The van der Waals surface area contributed by atoms with Crippen molar-refractivity contribution in [2.75, 3.05) is 13.1 Å². The van der Waals surface area contributed by atoms with Crippen molar-refractivity contribution in [2.24, 2.45) is 5.10 Å². The average Bonchev–Trinajstić information content (AvgIpc) is 2.95. The summed E-state index contributed by atoms with van der Waals surface area (Å²) < 4.78 is 13.4. The van der Waals surface area contributed by atoms with Crippen molar-refractivity contribution in [3.63, 3.8) is 0 Å². The molecular weight excluding hydrogens is 285 g/mol. The molecule has 1 fully saturated rings. The van der Waals surface area contributed by atoms with Gasteiger partial charge in [-0.2, -0.15) is 5.10 Å². The maximum absolute atomic E-state index is 13.4. The minimum Gasteiger partial charge on any atom is -0.334 e. The quantitative estimate of drug-likeness (QED) is 0.511. The topological polar surface area (TPSA) is 61.8 Å². The van der Waals surface area contributed by atoms with Gasteiger partial charge in [0.05, 0.1) is 11.2 Å². The fraction of sp³-hybridized carbons (Fsp3) is 0.308. The summed E-state index contributed by atoms with van der Waals surface area (Å²) in [6.07, 6.45) is 2.87. The lowest BCUT2D eigenvalue weighted by atomic mass is 10.2. The minimum absolute atomic E-state index is 0.0584. The molecule has 2 rings (SSSR count). The zero-order chi connectivity index (χ0) is 14.5. The number of hydrogen-bond acceptors (Lipinski definition) is 3. The van der Waals surface area contributed by atoms with Gasteiger partial charge in [0.25, 0.3) is 0 Å². The largest absolute Gasteiger partial charge is 0.334 e. The first-order valence-corrected chi connectivity index (χ1v) is 6.53. The Morgan fingerprint density at radius 3 is 2.70 bits per heavy atom. The second-order valence-corrected chi connectivity index (χ2v) is 4.74. The molecule has 0 atom stereocenters. The first kappa shape index (κ1) is 14.5. The van der Waals surface area contributed by atoms with E-state index in [0.29, 0.717) is 13.1 Å². The fourth-order valence-electron chi connectivity index (χ4n) is 1.90. The second-order valence-electron chi connectivity index (χ2n) is 4.33. The molecule has 0 aromatic heterocycles. The number of hydrogen-bond donors (Lipinski definition) is 1. The third-order valence-electron chi connectivity index (χ3n) is 2.95. The van der Waals surface area contributed by atoms with Crippen molar-refractivity contribution < 1.29 is 14.0 Å². The lowest BCUT2D eigenvalue weighted by Crippen LogP contribution is -2.39. The summed E-state index contributed by atoms with van der Waals surface area (Å²) in [4.78, 5) is 24.7. The molecule has 0 saturated carbocycles. The third-order valence-corrected chi connectivity index (χ3v) is 3.28. The van der Waals surface area contributed by atoms with Crippen LogP contribution in [-0.4, -0.2) is 36.0 Å². The van der Waals surface area contributed by atoms with Crippen LogP contribution in [0.25, 0.3) is 0 Å². The van der Waals surface area contributed by atoms with Crippen LogP contribution in [0.3, 0.4) is 0 Å². The summed E-state index contributed by atoms with van der Waals surface area (Å²) >= 11 is 5.79. The fourth-order valence-corrected chi connectivity index (χ4v) is 2.11. The average molecular weight is 298 g/mol. The number of nitrogens with one attached hydrogen (secondary N) is 1. The van der Waals surface area contributed by atoms with Crippen LogP contribution in [0.1, 0.15) is 18.4 Å². The second kappa shape index (κ2) is 6.47. The first-order chi connectivity index (χ1) is 9.59. The monoisotopic (exact) mass is 297 g/mol. The van der Waals surface area contributed by atoms with Gasteiger partial charge in [-0.25, -0.2) is 9.82 Å². The normalized spacial score (nSPS) is 14.8. The van der Waals surface area contributed by atoms with E-state index in [1.165, 1.54) is 23.1 Å². The van der Waals surface area contributed by atoms with Crippen molar-refractivity contribution in [3.05, 3.63) is 34.6 Å². The van der Waals surface area contributed by atoms with E-state index in [4.69, 9.17) is 11.6 Å². The van der Waals surface area contributed by atoms with Gasteiger partial charge in [-0.1, -0.05) is 17.7 Å². The molecule has 1 aromatic carbocycles. The van der Waals surface area contributed by atoms with Crippen LogP contribution in [0.5, 0.6) is 0 Å². The molecule has 7 heteroatoms. The molecule has 0 spiro atoms. The van der Waals surface area contributed by atoms with Gasteiger partial charge < -0.3 is 4.90 Å². The molecule has 1 aliphatic heterocycles. The summed E-state index contributed by atoms with van der Waals surface area (Å²) in [5.41, 5.74) is 2.13. The van der Waals surface area contributed by atoms with Crippen molar-refractivity contribution >= 4 is 29.6 Å². The van der Waals surface area contributed by atoms with Gasteiger partial charge in [0.2, 0.25) is 0 Å². The lowest BCUT2D eigenvalue weighted by Gasteiger charge is -2.12. The van der Waals surface area contributed by atoms with Crippen LogP contribution < -0.4 is 5.43 Å². The van der Waals surface area contributed by atoms with Crippen LogP contribution >= 0.6 is 11.6 Å². The van der Waals surface area contributed by atoms with Gasteiger partial charge in [-0.3, -0.25) is 9.59 Å². The molecule has 1 saturated heterocycles. The van der Waals surface area contributed by atoms with Gasteiger partial charge >= 0.3 is 11.8 Å². The van der Waals surface area contributed by atoms with Gasteiger partial charge in [-0.05, 0) is 25.0 Å². The molecule has 0 radical (unpaired) electrons. The summed E-state index contributed by atoms with van der Waals surface area (Å²) in [6.45, 7) is 1.16. The van der Waals surface area contributed by atoms with Crippen LogP contribution in [0.4, 0.5) is 4.39 Å². The number of hydrazone groups is 1. The Morgan fingerprint density at radius 2 is 2.05 bits per heavy atom. The summed E-state index contributed by atoms with van der Waals surface area (Å²) in [7, 11) is 0. The predicted octanol–water partition coefficient (Wildman–Crippen LogP) is 1.55. The molecule has 1 N–H and O–H groups in total. The first-order valence-electron chi connectivity index (χ1n) is 6.16. The minimum atomic E-state index is -0.837. The summed E-state index contributed by atoms with van der Waals surface area (Å²) in [5.74, 6) is -2.02. The standard InChI is InChI=1S/C13H13ClFN3O2/c14-10-4-3-5-11(15)9(10)8-16-17-12(19)13(20)18-6-1-2-7-18/h3-5,8H,1-2,6-7H2,(H,17,19). The highest BCUT2D eigenvalue weighted by atomic mass is 35.5. The zero-order valence-corrected chi connectivity index (χ0v) is 11.4. The van der Waals surface area contributed by atoms with E-state index < -0.39 is 17.6 Å². The molecule has 1 aromatic rings. The zero-order valence-electron chi connectivity index (χ0n) is 10.6. The van der Waals surface area contributed by atoms with E-state index >= 15 is 0 Å². The van der Waals surface area contributed by atoms with E-state index in [1.54, 1.807) is 0 Å². The van der Waals surface area contributed by atoms with Gasteiger partial charge in [0.15, 0.2) is 0 Å². The highest BCUT2D eigenvalue weighted by Gasteiger charge is 2.23. The van der Waals surface area contributed by atoms with Gasteiger partial charge in [0, 0.05) is 18.7 Å². The number of carbonyl (C=O) groups is 2. The molecule has 5 nitrogen and oxygen atoms in total. The highest BCUT2D eigenvalue weighted by molar-refractivity contribution is 6.35. The molecule has 1 aliphatic rings. The van der Waals surface area contributed by atoms with E-state index in [0.717, 1.165) is 19.1 Å². The van der Waals surface area contributed by atoms with Crippen molar-refractivity contribution in [3.8, 4) is 0 Å².